The average molecular weight is 666 g/mol. The van der Waals surface area contributed by atoms with Crippen molar-refractivity contribution in [2.45, 2.75) is 49.9 Å². The molecule has 242 valence electrons. The van der Waals surface area contributed by atoms with Crippen LogP contribution in [0.5, 0.6) is 6.01 Å². The first-order valence-electron chi connectivity index (χ1n) is 14.0. The average Bonchev–Trinajstić information content (AvgIpc) is 3.46. The van der Waals surface area contributed by atoms with Crippen molar-refractivity contribution in [2.24, 2.45) is 0 Å². The van der Waals surface area contributed by atoms with Gasteiger partial charge in [-0.1, -0.05) is 11.6 Å². The predicted molar refractivity (Wildman–Crippen MR) is 153 cm³/mol. The van der Waals surface area contributed by atoms with E-state index in [1.165, 1.54) is 43.0 Å². The largest absolute Gasteiger partial charge is 0.467 e. The second-order valence-electron chi connectivity index (χ2n) is 10.8. The molecule has 0 unspecified atom stereocenters. The van der Waals surface area contributed by atoms with Gasteiger partial charge < -0.3 is 15.0 Å². The number of nitrogens with one attached hydrogen (secondary N) is 2. The molecule has 1 aliphatic heterocycles. The molecule has 2 amide bonds. The lowest BCUT2D eigenvalue weighted by Crippen LogP contribution is -2.63. The Labute approximate surface area is 262 Å². The molecule has 46 heavy (non-hydrogen) atoms. The summed E-state index contributed by atoms with van der Waals surface area (Å²) < 4.78 is 73.4. The third kappa shape index (κ3) is 6.47. The fourth-order valence-corrected chi connectivity index (χ4v) is 5.51. The molecule has 2 N–H and O–H groups in total. The number of hydrogen-bond donors (Lipinski definition) is 2. The van der Waals surface area contributed by atoms with E-state index < -0.39 is 48.5 Å². The first-order valence-corrected chi connectivity index (χ1v) is 14.3. The summed E-state index contributed by atoms with van der Waals surface area (Å²) in [5.41, 5.74) is -0.756. The first kappa shape index (κ1) is 31.3. The summed E-state index contributed by atoms with van der Waals surface area (Å²) in [4.78, 5) is 40.7. The van der Waals surface area contributed by atoms with E-state index in [0.717, 1.165) is 4.90 Å². The Bertz CT molecular complexity index is 1690. The van der Waals surface area contributed by atoms with Crippen LogP contribution in [-0.4, -0.2) is 89.2 Å². The molecule has 4 aromatic heterocycles. The van der Waals surface area contributed by atoms with Gasteiger partial charge in [0.15, 0.2) is 5.82 Å². The van der Waals surface area contributed by atoms with Crippen molar-refractivity contribution >= 4 is 29.4 Å². The fourth-order valence-electron chi connectivity index (χ4n) is 5.33. The van der Waals surface area contributed by atoms with Crippen molar-refractivity contribution in [2.75, 3.05) is 30.4 Å². The number of carbonyl (C=O) groups is 1. The molecule has 0 spiro atoms. The minimum atomic E-state index is -4.74. The van der Waals surface area contributed by atoms with E-state index in [1.54, 1.807) is 0 Å². The Balaban J connectivity index is 1.18. The van der Waals surface area contributed by atoms with Crippen LogP contribution in [0.1, 0.15) is 31.2 Å². The van der Waals surface area contributed by atoms with Crippen molar-refractivity contribution in [3.8, 4) is 28.7 Å². The topological polar surface area (TPSA) is 151 Å². The second kappa shape index (κ2) is 12.2. The summed E-state index contributed by atoms with van der Waals surface area (Å²) in [7, 11) is 1.43. The summed E-state index contributed by atoms with van der Waals surface area (Å²) in [5, 5.41) is 9.26. The second-order valence-corrected chi connectivity index (χ2v) is 11.2. The van der Waals surface area contributed by atoms with E-state index in [0.29, 0.717) is 43.1 Å². The van der Waals surface area contributed by atoms with E-state index >= 15 is 0 Å². The van der Waals surface area contributed by atoms with Gasteiger partial charge in [0.05, 0.1) is 43.3 Å². The number of amides is 2. The molecule has 2 fully saturated rings. The number of rotatable bonds is 7. The number of anilines is 2. The Morgan fingerprint density at radius 3 is 2.30 bits per heavy atom. The summed E-state index contributed by atoms with van der Waals surface area (Å²) in [5.74, 6) is -2.83. The van der Waals surface area contributed by atoms with Gasteiger partial charge in [0, 0.05) is 42.4 Å². The molecule has 0 aromatic carbocycles. The van der Waals surface area contributed by atoms with Crippen LogP contribution in [0.3, 0.4) is 0 Å². The van der Waals surface area contributed by atoms with Crippen LogP contribution in [0.15, 0.2) is 37.2 Å². The van der Waals surface area contributed by atoms with Gasteiger partial charge in [-0.05, 0) is 25.7 Å². The highest BCUT2D eigenvalue weighted by Gasteiger charge is 2.49. The number of urea groups is 1. The summed E-state index contributed by atoms with van der Waals surface area (Å²) in [6.45, 7) is -1.41. The van der Waals surface area contributed by atoms with Crippen molar-refractivity contribution in [3.63, 3.8) is 0 Å². The standard InChI is InChI=1S/C27H25ClF5N11O2/c1-46-24-37-6-14(7-38-24)19-10-35-20(11-34-19)44(25(45)43-12-26(29,30)13-43)16-4-2-15(3-5-16)40-23-36-8-17(27(31,32)33)21(41-23)22-18(28)9-39-42-22/h6-11,15-16H,2-5,12-13H2,1H3,(H,39,42)(H,36,40,41)/t15-,16-. The lowest BCUT2D eigenvalue weighted by molar-refractivity contribution is -0.137. The number of alkyl halides is 5. The zero-order valence-electron chi connectivity index (χ0n) is 24.0. The maximum atomic E-state index is 13.7. The van der Waals surface area contributed by atoms with Gasteiger partial charge in [0.25, 0.3) is 5.92 Å². The number of hydrogen-bond acceptors (Lipinski definition) is 10. The van der Waals surface area contributed by atoms with Gasteiger partial charge in [0.1, 0.15) is 17.0 Å². The number of ether oxygens (including phenoxy) is 1. The first-order chi connectivity index (χ1) is 21.9. The summed E-state index contributed by atoms with van der Waals surface area (Å²) >= 11 is 6.03. The molecule has 0 radical (unpaired) electrons. The quantitative estimate of drug-likeness (QED) is 0.255. The van der Waals surface area contributed by atoms with Crippen LogP contribution < -0.4 is 15.0 Å². The Morgan fingerprint density at radius 1 is 1.02 bits per heavy atom. The van der Waals surface area contributed by atoms with E-state index in [2.05, 4.69) is 45.4 Å². The van der Waals surface area contributed by atoms with Crippen LogP contribution in [0.2, 0.25) is 5.02 Å². The van der Waals surface area contributed by atoms with Crippen LogP contribution in [0, 0.1) is 0 Å². The van der Waals surface area contributed by atoms with Crippen molar-refractivity contribution in [1.82, 2.24) is 45.0 Å². The van der Waals surface area contributed by atoms with Gasteiger partial charge in [-0.15, -0.1) is 0 Å². The number of likely N-dealkylation sites (tertiary alicyclic amines) is 1. The minimum Gasteiger partial charge on any atom is -0.467 e. The molecule has 1 saturated heterocycles. The molecule has 0 atom stereocenters. The highest BCUT2D eigenvalue weighted by molar-refractivity contribution is 6.32. The molecule has 19 heteroatoms. The fraction of sp³-hybridized carbons (Fsp3) is 0.407. The molecule has 1 aliphatic carbocycles. The number of methoxy groups -OCH3 is 1. The highest BCUT2D eigenvalue weighted by atomic mass is 35.5. The van der Waals surface area contributed by atoms with Crippen molar-refractivity contribution in [3.05, 3.63) is 47.8 Å². The maximum absolute atomic E-state index is 13.7. The molecule has 13 nitrogen and oxygen atoms in total. The minimum absolute atomic E-state index is 0.0335. The van der Waals surface area contributed by atoms with Crippen LogP contribution in [0.25, 0.3) is 22.6 Å². The van der Waals surface area contributed by atoms with Crippen LogP contribution in [-0.2, 0) is 6.18 Å². The maximum Gasteiger partial charge on any atom is 0.420 e. The molecule has 5 heterocycles. The highest BCUT2D eigenvalue weighted by Crippen LogP contribution is 2.38. The molecule has 0 bridgehead atoms. The smallest absolute Gasteiger partial charge is 0.420 e. The number of nitrogens with zero attached hydrogens (tertiary/aromatic N) is 9. The molecule has 6 rings (SSSR count). The van der Waals surface area contributed by atoms with Crippen molar-refractivity contribution < 1.29 is 31.5 Å². The number of halogens is 6. The Morgan fingerprint density at radius 2 is 1.74 bits per heavy atom. The van der Waals surface area contributed by atoms with E-state index in [-0.39, 0.29) is 34.5 Å². The summed E-state index contributed by atoms with van der Waals surface area (Å²) in [6.07, 6.45) is 4.76. The molecule has 4 aromatic rings. The zero-order valence-corrected chi connectivity index (χ0v) is 24.7. The zero-order chi connectivity index (χ0) is 32.6. The number of aromatic amines is 1. The lowest BCUT2D eigenvalue weighted by atomic mass is 9.90. The Hall–Kier alpha value is -4.74. The SMILES string of the molecule is COc1ncc(-c2cnc(N(C(=O)N3CC(F)(F)C3)[C@H]3CC[C@H](Nc4ncc(C(F)(F)F)c(-c5n[nH]cc5Cl)n4)CC3)cn2)cn1. The van der Waals surface area contributed by atoms with Gasteiger partial charge in [0.2, 0.25) is 5.95 Å². The molecular weight excluding hydrogens is 641 g/mol. The Kier molecular flexibility index (Phi) is 8.30. The summed E-state index contributed by atoms with van der Waals surface area (Å²) in [6, 6.07) is -1.13. The van der Waals surface area contributed by atoms with Gasteiger partial charge in [-0.3, -0.25) is 15.0 Å². The third-order valence-electron chi connectivity index (χ3n) is 7.62. The van der Waals surface area contributed by atoms with E-state index in [4.69, 9.17) is 16.3 Å². The predicted octanol–water partition coefficient (Wildman–Crippen LogP) is 5.10. The monoisotopic (exact) mass is 665 g/mol. The molecular formula is C27H25ClF5N11O2. The van der Waals surface area contributed by atoms with Gasteiger partial charge >= 0.3 is 18.2 Å². The lowest BCUT2D eigenvalue weighted by Gasteiger charge is -2.44. The van der Waals surface area contributed by atoms with Crippen LogP contribution in [0.4, 0.5) is 38.5 Å². The van der Waals surface area contributed by atoms with Crippen molar-refractivity contribution in [1.29, 1.82) is 0 Å². The third-order valence-corrected chi connectivity index (χ3v) is 7.91. The van der Waals surface area contributed by atoms with E-state index in [1.807, 2.05) is 0 Å². The molecule has 1 saturated carbocycles. The van der Waals surface area contributed by atoms with Crippen LogP contribution >= 0.6 is 11.6 Å². The van der Waals surface area contributed by atoms with Gasteiger partial charge in [-0.2, -0.15) is 18.3 Å². The number of aromatic nitrogens is 8. The normalized spacial score (nSPS) is 19.3. The number of carbonyl (C=O) groups excluding carboxylic acids is 1. The molecule has 2 aliphatic rings. The van der Waals surface area contributed by atoms with E-state index in [9.17, 15) is 26.7 Å². The van der Waals surface area contributed by atoms with Gasteiger partial charge in [-0.25, -0.2) is 38.5 Å². The number of H-pyrrole nitrogens is 1.